The molecule has 0 unspecified atom stereocenters. The minimum absolute atomic E-state index is 0.0341. The molecule has 8 heteroatoms. The first kappa shape index (κ1) is 26.2. The zero-order valence-corrected chi connectivity index (χ0v) is 22.2. The van der Waals surface area contributed by atoms with Crippen LogP contribution in [0.2, 0.25) is 0 Å². The third-order valence-corrected chi connectivity index (χ3v) is 5.68. The van der Waals surface area contributed by atoms with Gasteiger partial charge in [0.2, 0.25) is 0 Å². The van der Waals surface area contributed by atoms with Crippen molar-refractivity contribution < 1.29 is 19.1 Å². The number of amides is 2. The number of carbonyl (C=O) groups excluding carboxylic acids is 2. The summed E-state index contributed by atoms with van der Waals surface area (Å²) < 4.78 is 12.5. The number of carbonyl (C=O) groups is 2. The molecule has 2 aromatic rings. The number of rotatable bonds is 8. The highest BCUT2D eigenvalue weighted by molar-refractivity contribution is 9.11. The van der Waals surface area contributed by atoms with E-state index in [0.29, 0.717) is 16.0 Å². The predicted octanol–water partition coefficient (Wildman–Crippen LogP) is 5.53. The number of nitrogens with one attached hydrogen (secondary N) is 2. The van der Waals surface area contributed by atoms with Crippen molar-refractivity contribution in [1.29, 1.82) is 0 Å². The topological polar surface area (TPSA) is 76.7 Å². The van der Waals surface area contributed by atoms with E-state index < -0.39 is 11.8 Å². The van der Waals surface area contributed by atoms with Crippen LogP contribution in [-0.4, -0.2) is 25.0 Å². The Balaban J connectivity index is 1.75. The third kappa shape index (κ3) is 8.82. The Morgan fingerprint density at radius 2 is 1.41 bits per heavy atom. The molecule has 0 fully saturated rings. The highest BCUT2D eigenvalue weighted by atomic mass is 79.9. The highest BCUT2D eigenvalue weighted by Gasteiger charge is 2.27. The van der Waals surface area contributed by atoms with Crippen molar-refractivity contribution in [3.63, 3.8) is 0 Å². The molecule has 0 aliphatic heterocycles. The Morgan fingerprint density at radius 1 is 0.844 bits per heavy atom. The van der Waals surface area contributed by atoms with Gasteiger partial charge in [-0.1, -0.05) is 62.7 Å². The number of halogens is 2. The Hall–Kier alpha value is -2.06. The van der Waals surface area contributed by atoms with Crippen molar-refractivity contribution in [1.82, 2.24) is 10.9 Å². The van der Waals surface area contributed by atoms with Gasteiger partial charge in [-0.3, -0.25) is 20.4 Å². The molecule has 2 rings (SSSR count). The highest BCUT2D eigenvalue weighted by Crippen LogP contribution is 2.36. The zero-order valence-electron chi connectivity index (χ0n) is 19.1. The summed E-state index contributed by atoms with van der Waals surface area (Å²) in [5, 5.41) is 0. The van der Waals surface area contributed by atoms with E-state index in [1.54, 1.807) is 12.1 Å². The maximum absolute atomic E-state index is 12.0. The summed E-state index contributed by atoms with van der Waals surface area (Å²) in [6.45, 7) is 10.7. The Morgan fingerprint density at radius 3 is 1.94 bits per heavy atom. The fraction of sp³-hybridized carbons (Fsp3) is 0.417. The van der Waals surface area contributed by atoms with Gasteiger partial charge in [0.25, 0.3) is 11.8 Å². The fourth-order valence-corrected chi connectivity index (χ4v) is 4.69. The molecule has 0 spiro atoms. The number of hydrazine groups is 1. The first-order valence-corrected chi connectivity index (χ1v) is 11.8. The minimum Gasteiger partial charge on any atom is -0.484 e. The molecule has 0 aliphatic carbocycles. The fourth-order valence-electron chi connectivity index (χ4n) is 3.53. The van der Waals surface area contributed by atoms with Gasteiger partial charge < -0.3 is 9.47 Å². The van der Waals surface area contributed by atoms with Gasteiger partial charge in [0.1, 0.15) is 11.5 Å². The maximum atomic E-state index is 12.0. The first-order valence-electron chi connectivity index (χ1n) is 10.2. The van der Waals surface area contributed by atoms with Crippen molar-refractivity contribution >= 4 is 43.7 Å². The number of ether oxygens (including phenoxy) is 2. The minimum atomic E-state index is -0.487. The van der Waals surface area contributed by atoms with Crippen molar-refractivity contribution in [2.24, 2.45) is 5.41 Å². The van der Waals surface area contributed by atoms with Crippen LogP contribution in [0.25, 0.3) is 0 Å². The van der Waals surface area contributed by atoms with E-state index in [9.17, 15) is 9.59 Å². The van der Waals surface area contributed by atoms with Gasteiger partial charge >= 0.3 is 0 Å². The van der Waals surface area contributed by atoms with Crippen LogP contribution >= 0.6 is 31.9 Å². The second-order valence-corrected chi connectivity index (χ2v) is 11.2. The number of hydrogen-bond acceptors (Lipinski definition) is 4. The van der Waals surface area contributed by atoms with Crippen molar-refractivity contribution in [2.75, 3.05) is 13.2 Å². The number of hydrogen-bond donors (Lipinski definition) is 2. The predicted molar refractivity (Wildman–Crippen MR) is 133 cm³/mol. The summed E-state index contributed by atoms with van der Waals surface area (Å²) >= 11 is 6.70. The average molecular weight is 570 g/mol. The van der Waals surface area contributed by atoms with Gasteiger partial charge in [0.15, 0.2) is 13.2 Å². The number of benzene rings is 2. The molecular weight excluding hydrogens is 540 g/mol. The molecular formula is C24H30Br2N2O4. The van der Waals surface area contributed by atoms with Gasteiger partial charge in [-0.25, -0.2) is 0 Å². The molecule has 2 aromatic carbocycles. The standard InChI is InChI=1S/C24H30Br2N2O4/c1-23(2,3)15-24(4,5)16-6-9-18(10-7-16)31-13-21(29)27-28-22(30)14-32-20-11-8-17(25)12-19(20)26/h6-12H,13-15H2,1-5H3,(H,27,29)(H,28,30). The molecule has 2 N–H and O–H groups in total. The van der Waals surface area contributed by atoms with Crippen LogP contribution in [0, 0.1) is 5.41 Å². The lowest BCUT2D eigenvalue weighted by Crippen LogP contribution is -2.45. The van der Waals surface area contributed by atoms with E-state index in [1.807, 2.05) is 30.3 Å². The van der Waals surface area contributed by atoms with E-state index in [0.717, 1.165) is 10.9 Å². The van der Waals surface area contributed by atoms with Crippen LogP contribution in [0.1, 0.15) is 46.6 Å². The van der Waals surface area contributed by atoms with Crippen molar-refractivity contribution in [2.45, 2.75) is 46.5 Å². The largest absolute Gasteiger partial charge is 0.484 e. The molecule has 0 heterocycles. The molecule has 174 valence electrons. The second-order valence-electron chi connectivity index (χ2n) is 9.39. The van der Waals surface area contributed by atoms with E-state index in [1.165, 1.54) is 5.56 Å². The summed E-state index contributed by atoms with van der Waals surface area (Å²) in [5.41, 5.74) is 6.09. The lowest BCUT2D eigenvalue weighted by atomic mass is 9.72. The van der Waals surface area contributed by atoms with Crippen molar-refractivity contribution in [3.8, 4) is 11.5 Å². The van der Waals surface area contributed by atoms with Gasteiger partial charge in [-0.05, 0) is 69.1 Å². The average Bonchev–Trinajstić information content (AvgIpc) is 2.68. The van der Waals surface area contributed by atoms with Crippen LogP contribution in [-0.2, 0) is 15.0 Å². The molecule has 0 radical (unpaired) electrons. The van der Waals surface area contributed by atoms with Gasteiger partial charge in [0.05, 0.1) is 4.47 Å². The normalized spacial score (nSPS) is 11.6. The van der Waals surface area contributed by atoms with Gasteiger partial charge in [0, 0.05) is 4.47 Å². The zero-order chi connectivity index (χ0) is 23.9. The molecule has 0 bridgehead atoms. The van der Waals surface area contributed by atoms with E-state index in [4.69, 9.17) is 9.47 Å². The summed E-state index contributed by atoms with van der Waals surface area (Å²) in [7, 11) is 0. The first-order chi connectivity index (χ1) is 14.9. The van der Waals surface area contributed by atoms with Crippen LogP contribution in [0.3, 0.4) is 0 Å². The van der Waals surface area contributed by atoms with E-state index in [-0.39, 0.29) is 24.0 Å². The summed E-state index contributed by atoms with van der Waals surface area (Å²) in [5.74, 6) is 0.149. The van der Waals surface area contributed by atoms with Gasteiger partial charge in [-0.15, -0.1) is 0 Å². The van der Waals surface area contributed by atoms with E-state index in [2.05, 4.69) is 77.3 Å². The Labute approximate surface area is 206 Å². The molecule has 0 saturated heterocycles. The lowest BCUT2D eigenvalue weighted by molar-refractivity contribution is -0.131. The summed E-state index contributed by atoms with van der Waals surface area (Å²) in [4.78, 5) is 23.9. The molecule has 0 saturated carbocycles. The quantitative estimate of drug-likeness (QED) is 0.410. The monoisotopic (exact) mass is 568 g/mol. The lowest BCUT2D eigenvalue weighted by Gasteiger charge is -2.33. The van der Waals surface area contributed by atoms with Crippen molar-refractivity contribution in [3.05, 3.63) is 57.0 Å². The van der Waals surface area contributed by atoms with Crippen LogP contribution in [0.5, 0.6) is 11.5 Å². The molecule has 0 aromatic heterocycles. The Kier molecular flexibility index (Phi) is 9.16. The molecule has 32 heavy (non-hydrogen) atoms. The summed E-state index contributed by atoms with van der Waals surface area (Å²) in [6, 6.07) is 13.1. The third-order valence-electron chi connectivity index (χ3n) is 4.57. The maximum Gasteiger partial charge on any atom is 0.276 e. The summed E-state index contributed by atoms with van der Waals surface area (Å²) in [6.07, 6.45) is 1.05. The van der Waals surface area contributed by atoms with E-state index >= 15 is 0 Å². The van der Waals surface area contributed by atoms with Crippen LogP contribution in [0.15, 0.2) is 51.4 Å². The Bertz CT molecular complexity index is 938. The molecule has 2 amide bonds. The van der Waals surface area contributed by atoms with Gasteiger partial charge in [-0.2, -0.15) is 0 Å². The smallest absolute Gasteiger partial charge is 0.276 e. The second kappa shape index (κ2) is 11.2. The molecule has 6 nitrogen and oxygen atoms in total. The molecule has 0 aliphatic rings. The SMILES string of the molecule is CC(C)(C)CC(C)(C)c1ccc(OCC(=O)NNC(=O)COc2ccc(Br)cc2Br)cc1. The molecule has 0 atom stereocenters. The van der Waals surface area contributed by atoms with Crippen LogP contribution in [0.4, 0.5) is 0 Å². The van der Waals surface area contributed by atoms with Crippen LogP contribution < -0.4 is 20.3 Å².